The lowest BCUT2D eigenvalue weighted by molar-refractivity contribution is 0.897. The van der Waals surface area contributed by atoms with Crippen molar-refractivity contribution in [3.63, 3.8) is 0 Å². The van der Waals surface area contributed by atoms with E-state index in [0.717, 1.165) is 0 Å². The topological polar surface area (TPSA) is 89.1 Å². The minimum absolute atomic E-state index is 0.0838. The van der Waals surface area contributed by atoms with Gasteiger partial charge < -0.3 is 5.73 Å². The molecule has 2 aromatic rings. The quantitative estimate of drug-likeness (QED) is 0.505. The molecule has 0 saturated heterocycles. The van der Waals surface area contributed by atoms with Gasteiger partial charge in [0.25, 0.3) is 5.56 Å². The highest BCUT2D eigenvalue weighted by Gasteiger charge is 1.99. The first-order chi connectivity index (χ1) is 5.27. The molecule has 0 spiro atoms. The van der Waals surface area contributed by atoms with Crippen LogP contribution in [0.4, 0.5) is 5.95 Å². The van der Waals surface area contributed by atoms with Crippen molar-refractivity contribution in [1.82, 2.24) is 19.6 Å². The molecule has 0 fully saturated rings. The van der Waals surface area contributed by atoms with Gasteiger partial charge in [-0.15, -0.1) is 5.10 Å². The summed E-state index contributed by atoms with van der Waals surface area (Å²) in [5.41, 5.74) is 5.19. The summed E-state index contributed by atoms with van der Waals surface area (Å²) in [6, 6.07) is 0. The lowest BCUT2D eigenvalue weighted by Gasteiger charge is -1.91. The van der Waals surface area contributed by atoms with Gasteiger partial charge in [-0.3, -0.25) is 9.78 Å². The second kappa shape index (κ2) is 1.82. The van der Waals surface area contributed by atoms with Crippen LogP contribution in [0.25, 0.3) is 5.65 Å². The van der Waals surface area contributed by atoms with Crippen molar-refractivity contribution in [1.29, 1.82) is 0 Å². The van der Waals surface area contributed by atoms with Crippen molar-refractivity contribution in [2.75, 3.05) is 5.73 Å². The van der Waals surface area contributed by atoms with Gasteiger partial charge in [0, 0.05) is 12.4 Å². The fourth-order valence-corrected chi connectivity index (χ4v) is 0.853. The summed E-state index contributed by atoms with van der Waals surface area (Å²) >= 11 is 0. The van der Waals surface area contributed by atoms with Gasteiger partial charge in [-0.1, -0.05) is 0 Å². The lowest BCUT2D eigenvalue weighted by Crippen LogP contribution is -2.15. The molecule has 6 heteroatoms. The van der Waals surface area contributed by atoms with Gasteiger partial charge in [-0.05, 0) is 0 Å². The Balaban J connectivity index is 3.02. The Morgan fingerprint density at radius 2 is 2.45 bits per heavy atom. The van der Waals surface area contributed by atoms with Crippen LogP contribution in [0, 0.1) is 0 Å². The number of aromatic nitrogens is 4. The molecule has 2 rings (SSSR count). The van der Waals surface area contributed by atoms with Crippen LogP contribution in [0.1, 0.15) is 0 Å². The molecule has 0 aliphatic rings. The third kappa shape index (κ3) is 0.759. The minimum atomic E-state index is -0.331. The highest BCUT2D eigenvalue weighted by molar-refractivity contribution is 5.34. The molecule has 0 aliphatic heterocycles. The zero-order valence-corrected chi connectivity index (χ0v) is 5.48. The number of fused-ring (bicyclic) bond motifs is 1. The minimum Gasteiger partial charge on any atom is -0.368 e. The van der Waals surface area contributed by atoms with Crippen LogP contribution in [0.5, 0.6) is 0 Å². The van der Waals surface area contributed by atoms with Gasteiger partial charge in [0.15, 0.2) is 0 Å². The summed E-state index contributed by atoms with van der Waals surface area (Å²) in [5, 5.41) is 3.77. The van der Waals surface area contributed by atoms with E-state index in [2.05, 4.69) is 15.1 Å². The summed E-state index contributed by atoms with van der Waals surface area (Å²) in [7, 11) is 0. The smallest absolute Gasteiger partial charge is 0.295 e. The van der Waals surface area contributed by atoms with E-state index >= 15 is 0 Å². The van der Waals surface area contributed by atoms with Crippen LogP contribution < -0.4 is 11.3 Å². The first-order valence-electron chi connectivity index (χ1n) is 2.96. The summed E-state index contributed by atoms with van der Waals surface area (Å²) in [6.07, 6.45) is 3.04. The predicted molar refractivity (Wildman–Crippen MR) is 38.0 cm³/mol. The van der Waals surface area contributed by atoms with Gasteiger partial charge in [0.1, 0.15) is 0 Å². The van der Waals surface area contributed by atoms with E-state index < -0.39 is 0 Å². The summed E-state index contributed by atoms with van der Waals surface area (Å²) in [4.78, 5) is 17.1. The molecule has 6 nitrogen and oxygen atoms in total. The van der Waals surface area contributed by atoms with E-state index in [1.54, 1.807) is 6.20 Å². The third-order valence-corrected chi connectivity index (χ3v) is 1.28. The molecule has 0 bridgehead atoms. The molecule has 3 N–H and O–H groups in total. The van der Waals surface area contributed by atoms with E-state index in [9.17, 15) is 4.79 Å². The van der Waals surface area contributed by atoms with Gasteiger partial charge >= 0.3 is 0 Å². The normalized spacial score (nSPS) is 10.5. The van der Waals surface area contributed by atoms with E-state index in [0.29, 0.717) is 0 Å². The van der Waals surface area contributed by atoms with Crippen molar-refractivity contribution in [2.24, 2.45) is 0 Å². The average Bonchev–Trinajstić information content (AvgIpc) is 2.34. The maximum Gasteiger partial charge on any atom is 0.295 e. The molecular formula is C5H5N5O. The van der Waals surface area contributed by atoms with Gasteiger partial charge in [0.05, 0.1) is 0 Å². The van der Waals surface area contributed by atoms with Crippen LogP contribution in [-0.4, -0.2) is 19.6 Å². The van der Waals surface area contributed by atoms with Crippen molar-refractivity contribution in [2.45, 2.75) is 0 Å². The zero-order chi connectivity index (χ0) is 7.84. The molecule has 0 aliphatic carbocycles. The zero-order valence-electron chi connectivity index (χ0n) is 5.48. The Hall–Kier alpha value is -1.85. The molecule has 2 aromatic heterocycles. The monoisotopic (exact) mass is 151 g/mol. The number of nitrogens with one attached hydrogen (secondary N) is 1. The molecule has 0 saturated carbocycles. The number of hydrogen-bond acceptors (Lipinski definition) is 4. The maximum atomic E-state index is 11.0. The molecule has 0 aromatic carbocycles. The number of rotatable bonds is 0. The van der Waals surface area contributed by atoms with Gasteiger partial charge in [0.2, 0.25) is 11.6 Å². The SMILES string of the molecule is Nc1nn2ccnc2c(=O)[nH]1. The number of aromatic amines is 1. The van der Waals surface area contributed by atoms with E-state index in [1.165, 1.54) is 10.7 Å². The maximum absolute atomic E-state index is 11.0. The first-order valence-corrected chi connectivity index (χ1v) is 2.96. The average molecular weight is 151 g/mol. The third-order valence-electron chi connectivity index (χ3n) is 1.28. The number of nitrogen functional groups attached to an aromatic ring is 1. The second-order valence-corrected chi connectivity index (χ2v) is 2.03. The van der Waals surface area contributed by atoms with Crippen LogP contribution >= 0.6 is 0 Å². The molecule has 0 radical (unpaired) electrons. The molecule has 56 valence electrons. The fourth-order valence-electron chi connectivity index (χ4n) is 0.853. The highest BCUT2D eigenvalue weighted by Crippen LogP contribution is 1.90. The van der Waals surface area contributed by atoms with Crippen LogP contribution in [-0.2, 0) is 0 Å². The Morgan fingerprint density at radius 1 is 1.64 bits per heavy atom. The predicted octanol–water partition coefficient (Wildman–Crippen LogP) is -1.00. The molecule has 2 heterocycles. The number of anilines is 1. The van der Waals surface area contributed by atoms with Crippen molar-refractivity contribution in [3.05, 3.63) is 22.7 Å². The van der Waals surface area contributed by atoms with Crippen molar-refractivity contribution in [3.8, 4) is 0 Å². The Kier molecular flexibility index (Phi) is 0.974. The number of imidazole rings is 1. The van der Waals surface area contributed by atoms with Gasteiger partial charge in [-0.2, -0.15) is 0 Å². The van der Waals surface area contributed by atoms with E-state index in [-0.39, 0.29) is 17.2 Å². The van der Waals surface area contributed by atoms with Crippen LogP contribution in [0.15, 0.2) is 17.2 Å². The fraction of sp³-hybridized carbons (Fsp3) is 0. The molecule has 0 unspecified atom stereocenters. The largest absolute Gasteiger partial charge is 0.368 e. The summed E-state index contributed by atoms with van der Waals surface area (Å²) in [5.74, 6) is 0.0838. The van der Waals surface area contributed by atoms with E-state index in [1.807, 2.05) is 0 Å². The van der Waals surface area contributed by atoms with Gasteiger partial charge in [-0.25, -0.2) is 9.50 Å². The number of hydrogen-bond donors (Lipinski definition) is 2. The standard InChI is InChI=1S/C5H5N5O/c6-5-8-4(11)3-7-1-2-10(3)9-5/h1-2H,(H3,6,8,9,11). The molecular weight excluding hydrogens is 146 g/mol. The highest BCUT2D eigenvalue weighted by atomic mass is 16.1. The lowest BCUT2D eigenvalue weighted by atomic mass is 10.7. The van der Waals surface area contributed by atoms with Crippen LogP contribution in [0.3, 0.4) is 0 Å². The molecule has 0 atom stereocenters. The number of nitrogens with two attached hydrogens (primary N) is 1. The first kappa shape index (κ1) is 5.90. The summed E-state index contributed by atoms with van der Waals surface area (Å²) < 4.78 is 1.33. The van der Waals surface area contributed by atoms with Crippen molar-refractivity contribution >= 4 is 11.6 Å². The van der Waals surface area contributed by atoms with Crippen LogP contribution in [0.2, 0.25) is 0 Å². The Morgan fingerprint density at radius 3 is 3.27 bits per heavy atom. The van der Waals surface area contributed by atoms with E-state index in [4.69, 9.17) is 5.73 Å². The molecule has 11 heavy (non-hydrogen) atoms. The Labute approximate surface area is 60.7 Å². The number of H-pyrrole nitrogens is 1. The number of nitrogens with zero attached hydrogens (tertiary/aromatic N) is 3. The Bertz CT molecular complexity index is 441. The van der Waals surface area contributed by atoms with Crippen molar-refractivity contribution < 1.29 is 0 Å². The second-order valence-electron chi connectivity index (χ2n) is 2.03. The molecule has 0 amide bonds. The summed E-state index contributed by atoms with van der Waals surface area (Å²) in [6.45, 7) is 0.